The van der Waals surface area contributed by atoms with Crippen LogP contribution in [0.5, 0.6) is 0 Å². The SMILES string of the molecule is OCC(O)CO[C@@H]1OC(CO)(CO)[C@H](O)[C@H](O)[C@H]1O. The molecule has 1 saturated heterocycles. The molecule has 0 spiro atoms. The van der Waals surface area contributed by atoms with Gasteiger partial charge in [-0.1, -0.05) is 0 Å². The first-order chi connectivity index (χ1) is 8.91. The zero-order valence-corrected chi connectivity index (χ0v) is 10.2. The molecular formula is C10H20O9. The molecule has 0 aromatic heterocycles. The van der Waals surface area contributed by atoms with E-state index in [0.29, 0.717) is 0 Å². The Hall–Kier alpha value is -0.360. The Bertz CT molecular complexity index is 270. The van der Waals surface area contributed by atoms with E-state index in [2.05, 4.69) is 0 Å². The molecule has 1 fully saturated rings. The van der Waals surface area contributed by atoms with Gasteiger partial charge in [0, 0.05) is 0 Å². The van der Waals surface area contributed by atoms with Crippen LogP contribution >= 0.6 is 0 Å². The molecule has 114 valence electrons. The van der Waals surface area contributed by atoms with Crippen molar-refractivity contribution in [2.45, 2.75) is 36.3 Å². The molecule has 0 aromatic rings. The zero-order chi connectivity index (χ0) is 14.6. The van der Waals surface area contributed by atoms with Crippen molar-refractivity contribution < 1.29 is 45.2 Å². The molecule has 1 unspecified atom stereocenters. The average Bonchev–Trinajstić information content (AvgIpc) is 2.44. The third kappa shape index (κ3) is 3.40. The third-order valence-corrected chi connectivity index (χ3v) is 3.04. The van der Waals surface area contributed by atoms with Crippen molar-refractivity contribution in [2.75, 3.05) is 26.4 Å². The first-order valence-electron chi connectivity index (χ1n) is 5.76. The van der Waals surface area contributed by atoms with Gasteiger partial charge in [-0.3, -0.25) is 0 Å². The smallest absolute Gasteiger partial charge is 0.187 e. The Kier molecular flexibility index (Phi) is 6.05. The lowest BCUT2D eigenvalue weighted by Crippen LogP contribution is -2.67. The Balaban J connectivity index is 2.76. The van der Waals surface area contributed by atoms with E-state index in [1.807, 2.05) is 0 Å². The molecule has 1 aliphatic rings. The Morgan fingerprint density at radius 1 is 1.05 bits per heavy atom. The third-order valence-electron chi connectivity index (χ3n) is 3.04. The van der Waals surface area contributed by atoms with Crippen LogP contribution in [0.2, 0.25) is 0 Å². The lowest BCUT2D eigenvalue weighted by Gasteiger charge is -2.46. The molecule has 0 bridgehead atoms. The van der Waals surface area contributed by atoms with E-state index in [9.17, 15) is 25.5 Å². The van der Waals surface area contributed by atoms with Gasteiger partial charge in [0.05, 0.1) is 26.4 Å². The second-order valence-corrected chi connectivity index (χ2v) is 4.46. The van der Waals surface area contributed by atoms with Crippen LogP contribution in [-0.2, 0) is 9.47 Å². The molecule has 1 rings (SSSR count). The minimum atomic E-state index is -1.88. The highest BCUT2D eigenvalue weighted by Gasteiger charge is 2.53. The van der Waals surface area contributed by atoms with Gasteiger partial charge in [0.1, 0.15) is 30.0 Å². The summed E-state index contributed by atoms with van der Waals surface area (Å²) in [5.41, 5.74) is -1.88. The molecule has 0 amide bonds. The maximum atomic E-state index is 9.70. The number of aliphatic hydroxyl groups is 7. The Morgan fingerprint density at radius 3 is 2.11 bits per heavy atom. The second-order valence-electron chi connectivity index (χ2n) is 4.46. The standard InChI is InChI=1S/C10H20O9/c11-1-5(14)2-18-9-7(16)6(15)8(17)10(3-12,4-13)19-9/h5-9,11-17H,1-4H2/t5?,6-,7-,8-,9-/m1/s1. The van der Waals surface area contributed by atoms with Crippen LogP contribution in [0.4, 0.5) is 0 Å². The second kappa shape index (κ2) is 6.88. The summed E-state index contributed by atoms with van der Waals surface area (Å²) in [7, 11) is 0. The van der Waals surface area contributed by atoms with E-state index in [1.165, 1.54) is 0 Å². The summed E-state index contributed by atoms with van der Waals surface area (Å²) in [6.45, 7) is -2.58. The highest BCUT2D eigenvalue weighted by molar-refractivity contribution is 4.99. The molecule has 5 atom stereocenters. The molecule has 0 aromatic carbocycles. The van der Waals surface area contributed by atoms with Gasteiger partial charge in [0.15, 0.2) is 6.29 Å². The number of ether oxygens (including phenoxy) is 2. The normalized spacial score (nSPS) is 36.2. The molecule has 0 saturated carbocycles. The van der Waals surface area contributed by atoms with Crippen LogP contribution in [0.1, 0.15) is 0 Å². The Labute approximate surface area is 109 Å². The van der Waals surface area contributed by atoms with Crippen LogP contribution in [0.3, 0.4) is 0 Å². The molecule has 9 nitrogen and oxygen atoms in total. The molecule has 1 heterocycles. The van der Waals surface area contributed by atoms with E-state index < -0.39 is 62.7 Å². The fourth-order valence-corrected chi connectivity index (χ4v) is 1.73. The van der Waals surface area contributed by atoms with Gasteiger partial charge in [-0.2, -0.15) is 0 Å². The van der Waals surface area contributed by atoms with Gasteiger partial charge >= 0.3 is 0 Å². The lowest BCUT2D eigenvalue weighted by atomic mass is 9.88. The Morgan fingerprint density at radius 2 is 1.63 bits per heavy atom. The highest BCUT2D eigenvalue weighted by atomic mass is 16.7. The summed E-state index contributed by atoms with van der Waals surface area (Å²) < 4.78 is 10.0. The quantitative estimate of drug-likeness (QED) is 0.255. The summed E-state index contributed by atoms with van der Waals surface area (Å²) in [5.74, 6) is 0. The zero-order valence-electron chi connectivity index (χ0n) is 10.2. The van der Waals surface area contributed by atoms with Crippen LogP contribution < -0.4 is 0 Å². The van der Waals surface area contributed by atoms with E-state index in [1.54, 1.807) is 0 Å². The summed E-state index contributed by atoms with van der Waals surface area (Å²) in [6.07, 6.45) is -7.73. The molecule has 0 radical (unpaired) electrons. The van der Waals surface area contributed by atoms with E-state index >= 15 is 0 Å². The number of hydrogen-bond acceptors (Lipinski definition) is 9. The van der Waals surface area contributed by atoms with Gasteiger partial charge in [-0.15, -0.1) is 0 Å². The monoisotopic (exact) mass is 284 g/mol. The fraction of sp³-hybridized carbons (Fsp3) is 1.00. The number of rotatable bonds is 6. The minimum Gasteiger partial charge on any atom is -0.394 e. The minimum absolute atomic E-state index is 0.395. The molecule has 0 aliphatic carbocycles. The summed E-state index contributed by atoms with van der Waals surface area (Å²) in [5, 5.41) is 65.1. The summed E-state index contributed by atoms with van der Waals surface area (Å²) >= 11 is 0. The van der Waals surface area contributed by atoms with Crippen molar-refractivity contribution in [1.29, 1.82) is 0 Å². The lowest BCUT2D eigenvalue weighted by molar-refractivity contribution is -0.346. The number of aliphatic hydroxyl groups excluding tert-OH is 7. The molecule has 7 N–H and O–H groups in total. The van der Waals surface area contributed by atoms with Crippen molar-refractivity contribution in [1.82, 2.24) is 0 Å². The molecular weight excluding hydrogens is 264 g/mol. The van der Waals surface area contributed by atoms with E-state index in [-0.39, 0.29) is 0 Å². The summed E-state index contributed by atoms with van der Waals surface area (Å²) in [4.78, 5) is 0. The topological polar surface area (TPSA) is 160 Å². The van der Waals surface area contributed by atoms with Crippen LogP contribution in [0, 0.1) is 0 Å². The van der Waals surface area contributed by atoms with Crippen molar-refractivity contribution in [3.8, 4) is 0 Å². The molecule has 1 aliphatic heterocycles. The van der Waals surface area contributed by atoms with Crippen molar-refractivity contribution in [2.24, 2.45) is 0 Å². The van der Waals surface area contributed by atoms with Crippen molar-refractivity contribution in [3.63, 3.8) is 0 Å². The average molecular weight is 284 g/mol. The van der Waals surface area contributed by atoms with Gasteiger partial charge in [0.2, 0.25) is 0 Å². The van der Waals surface area contributed by atoms with Crippen molar-refractivity contribution >= 4 is 0 Å². The van der Waals surface area contributed by atoms with E-state index in [4.69, 9.17) is 19.7 Å². The number of hydrogen-bond donors (Lipinski definition) is 7. The predicted molar refractivity (Wildman–Crippen MR) is 58.8 cm³/mol. The van der Waals surface area contributed by atoms with E-state index in [0.717, 1.165) is 0 Å². The largest absolute Gasteiger partial charge is 0.394 e. The van der Waals surface area contributed by atoms with Crippen LogP contribution in [0.15, 0.2) is 0 Å². The maximum Gasteiger partial charge on any atom is 0.187 e. The maximum absolute atomic E-state index is 9.70. The van der Waals surface area contributed by atoms with Gasteiger partial charge in [-0.25, -0.2) is 0 Å². The predicted octanol–water partition coefficient (Wildman–Crippen LogP) is -4.48. The van der Waals surface area contributed by atoms with Crippen LogP contribution in [0.25, 0.3) is 0 Å². The highest BCUT2D eigenvalue weighted by Crippen LogP contribution is 2.30. The first kappa shape index (κ1) is 16.7. The first-order valence-corrected chi connectivity index (χ1v) is 5.76. The fourth-order valence-electron chi connectivity index (χ4n) is 1.73. The molecule has 19 heavy (non-hydrogen) atoms. The summed E-state index contributed by atoms with van der Waals surface area (Å²) in [6, 6.07) is 0. The van der Waals surface area contributed by atoms with Gasteiger partial charge in [-0.05, 0) is 0 Å². The van der Waals surface area contributed by atoms with Gasteiger partial charge < -0.3 is 45.2 Å². The molecule has 9 heteroatoms. The van der Waals surface area contributed by atoms with Crippen molar-refractivity contribution in [3.05, 3.63) is 0 Å². The van der Waals surface area contributed by atoms with Crippen LogP contribution in [-0.4, -0.2) is 98.5 Å². The van der Waals surface area contributed by atoms with Gasteiger partial charge in [0.25, 0.3) is 0 Å².